The molecule has 0 saturated carbocycles. The van der Waals surface area contributed by atoms with Crippen LogP contribution >= 0.6 is 0 Å². The minimum Gasteiger partial charge on any atom is -0.373 e. The summed E-state index contributed by atoms with van der Waals surface area (Å²) < 4.78 is 0. The molecule has 2 N–H and O–H groups in total. The zero-order chi connectivity index (χ0) is 11.7. The van der Waals surface area contributed by atoms with E-state index in [4.69, 9.17) is 0 Å². The van der Waals surface area contributed by atoms with Crippen molar-refractivity contribution in [2.75, 3.05) is 37.3 Å². The predicted octanol–water partition coefficient (Wildman–Crippen LogP) is 1.63. The van der Waals surface area contributed by atoms with Gasteiger partial charge in [-0.25, -0.2) is 4.98 Å². The Kier molecular flexibility index (Phi) is 2.89. The minimum atomic E-state index is 0.581. The quantitative estimate of drug-likeness (QED) is 0.831. The first kappa shape index (κ1) is 10.8. The molecule has 0 radical (unpaired) electrons. The van der Waals surface area contributed by atoms with Crippen molar-refractivity contribution in [3.8, 4) is 0 Å². The molecule has 4 heterocycles. The highest BCUT2D eigenvalue weighted by Crippen LogP contribution is 2.29. The second-order valence-electron chi connectivity index (χ2n) is 5.05. The van der Waals surface area contributed by atoms with E-state index in [9.17, 15) is 0 Å². The van der Waals surface area contributed by atoms with Crippen molar-refractivity contribution in [2.45, 2.75) is 18.9 Å². The zero-order valence-corrected chi connectivity index (χ0v) is 10.3. The molecule has 3 saturated heterocycles. The number of nitrogens with zero attached hydrogens (tertiary/aromatic N) is 2. The van der Waals surface area contributed by atoms with E-state index in [0.717, 1.165) is 17.6 Å². The Morgan fingerprint density at radius 3 is 2.65 bits per heavy atom. The smallest absolute Gasteiger partial charge is 0.128 e. The van der Waals surface area contributed by atoms with Gasteiger partial charge < -0.3 is 15.5 Å². The van der Waals surface area contributed by atoms with Crippen molar-refractivity contribution < 1.29 is 0 Å². The molecule has 3 aliphatic rings. The summed E-state index contributed by atoms with van der Waals surface area (Å²) in [5.41, 5.74) is 0. The number of rotatable bonds is 3. The summed E-state index contributed by atoms with van der Waals surface area (Å²) in [5, 5.41) is 6.67. The van der Waals surface area contributed by atoms with Gasteiger partial charge in [-0.15, -0.1) is 0 Å². The van der Waals surface area contributed by atoms with Crippen molar-refractivity contribution >= 4 is 11.6 Å². The van der Waals surface area contributed by atoms with E-state index in [2.05, 4.69) is 26.6 Å². The molecule has 4 nitrogen and oxygen atoms in total. The van der Waals surface area contributed by atoms with Gasteiger partial charge in [0, 0.05) is 19.6 Å². The number of aromatic nitrogens is 1. The summed E-state index contributed by atoms with van der Waals surface area (Å²) in [7, 11) is 1.90. The van der Waals surface area contributed by atoms with E-state index < -0.39 is 0 Å². The topological polar surface area (TPSA) is 40.2 Å². The van der Waals surface area contributed by atoms with Crippen molar-refractivity contribution in [1.82, 2.24) is 9.88 Å². The normalized spacial score (nSPS) is 31.2. The number of anilines is 2. The predicted molar refractivity (Wildman–Crippen MR) is 70.4 cm³/mol. The molecule has 1 aromatic heterocycles. The van der Waals surface area contributed by atoms with Gasteiger partial charge in [-0.2, -0.15) is 0 Å². The third-order valence-electron chi connectivity index (χ3n) is 3.99. The first-order valence-electron chi connectivity index (χ1n) is 6.49. The van der Waals surface area contributed by atoms with Gasteiger partial charge >= 0.3 is 0 Å². The van der Waals surface area contributed by atoms with Crippen LogP contribution in [0.25, 0.3) is 0 Å². The molecule has 1 aromatic rings. The standard InChI is InChI=1S/C13H20N4/c1-14-12-3-2-4-13(16-12)15-11-9-17-7-5-10(11)6-8-17/h2-4,10-11H,5-9H2,1H3,(H2,14,15,16). The number of fused-ring (bicyclic) bond motifs is 3. The monoisotopic (exact) mass is 232 g/mol. The van der Waals surface area contributed by atoms with Crippen molar-refractivity contribution in [1.29, 1.82) is 0 Å². The fourth-order valence-electron chi connectivity index (χ4n) is 2.97. The van der Waals surface area contributed by atoms with Crippen LogP contribution in [0.5, 0.6) is 0 Å². The highest BCUT2D eigenvalue weighted by molar-refractivity contribution is 5.45. The van der Waals surface area contributed by atoms with Gasteiger partial charge in [0.1, 0.15) is 11.6 Å². The lowest BCUT2D eigenvalue weighted by molar-refractivity contribution is 0.0974. The lowest BCUT2D eigenvalue weighted by atomic mass is 9.84. The van der Waals surface area contributed by atoms with Crippen LogP contribution in [0.2, 0.25) is 0 Å². The van der Waals surface area contributed by atoms with Gasteiger partial charge in [0.2, 0.25) is 0 Å². The largest absolute Gasteiger partial charge is 0.373 e. The number of hydrogen-bond donors (Lipinski definition) is 2. The van der Waals surface area contributed by atoms with E-state index in [-0.39, 0.29) is 0 Å². The Hall–Kier alpha value is -1.29. The van der Waals surface area contributed by atoms with Crippen LogP contribution in [-0.4, -0.2) is 42.6 Å². The Bertz CT molecular complexity index is 385. The molecular weight excluding hydrogens is 212 g/mol. The second kappa shape index (κ2) is 4.53. The van der Waals surface area contributed by atoms with Gasteiger partial charge in [-0.1, -0.05) is 6.07 Å². The van der Waals surface area contributed by atoms with Crippen LogP contribution in [0, 0.1) is 5.92 Å². The van der Waals surface area contributed by atoms with Crippen LogP contribution in [0.15, 0.2) is 18.2 Å². The van der Waals surface area contributed by atoms with Gasteiger partial charge in [-0.3, -0.25) is 0 Å². The van der Waals surface area contributed by atoms with E-state index >= 15 is 0 Å². The third-order valence-corrected chi connectivity index (χ3v) is 3.99. The van der Waals surface area contributed by atoms with E-state index in [1.807, 2.05) is 19.2 Å². The number of pyridine rings is 1. The van der Waals surface area contributed by atoms with Crippen molar-refractivity contribution in [3.63, 3.8) is 0 Å². The maximum absolute atomic E-state index is 4.53. The zero-order valence-electron chi connectivity index (χ0n) is 10.3. The average Bonchev–Trinajstić information content (AvgIpc) is 2.40. The second-order valence-corrected chi connectivity index (χ2v) is 5.05. The summed E-state index contributed by atoms with van der Waals surface area (Å²) in [6.45, 7) is 3.75. The molecule has 0 aliphatic carbocycles. The van der Waals surface area contributed by atoms with Gasteiger partial charge in [0.25, 0.3) is 0 Å². The Morgan fingerprint density at radius 2 is 2.00 bits per heavy atom. The first-order chi connectivity index (χ1) is 8.35. The summed E-state index contributed by atoms with van der Waals surface area (Å²) in [6.07, 6.45) is 2.67. The molecule has 0 spiro atoms. The molecule has 4 rings (SSSR count). The lowest BCUT2D eigenvalue weighted by Gasteiger charge is -2.45. The molecule has 17 heavy (non-hydrogen) atoms. The fraction of sp³-hybridized carbons (Fsp3) is 0.615. The molecule has 1 unspecified atom stereocenters. The number of nitrogens with one attached hydrogen (secondary N) is 2. The molecule has 1 atom stereocenters. The molecule has 3 fully saturated rings. The molecule has 4 heteroatoms. The van der Waals surface area contributed by atoms with E-state index in [0.29, 0.717) is 6.04 Å². The molecule has 0 amide bonds. The summed E-state index contributed by atoms with van der Waals surface area (Å²) in [4.78, 5) is 7.08. The van der Waals surface area contributed by atoms with Crippen LogP contribution in [-0.2, 0) is 0 Å². The lowest BCUT2D eigenvalue weighted by Crippen LogP contribution is -2.53. The van der Waals surface area contributed by atoms with E-state index in [1.165, 1.54) is 32.5 Å². The van der Waals surface area contributed by atoms with E-state index in [1.54, 1.807) is 0 Å². The Labute approximate surface area is 102 Å². The van der Waals surface area contributed by atoms with Crippen LogP contribution in [0.4, 0.5) is 11.6 Å². The molecular formula is C13H20N4. The highest BCUT2D eigenvalue weighted by Gasteiger charge is 2.33. The third kappa shape index (κ3) is 2.22. The van der Waals surface area contributed by atoms with Gasteiger partial charge in [0.15, 0.2) is 0 Å². The Morgan fingerprint density at radius 1 is 1.24 bits per heavy atom. The molecule has 0 aromatic carbocycles. The van der Waals surface area contributed by atoms with Crippen LogP contribution in [0.1, 0.15) is 12.8 Å². The van der Waals surface area contributed by atoms with Crippen LogP contribution in [0.3, 0.4) is 0 Å². The first-order valence-corrected chi connectivity index (χ1v) is 6.49. The maximum Gasteiger partial charge on any atom is 0.128 e. The van der Waals surface area contributed by atoms with Gasteiger partial charge in [-0.05, 0) is 44.0 Å². The summed E-state index contributed by atoms with van der Waals surface area (Å²) in [6, 6.07) is 6.67. The van der Waals surface area contributed by atoms with Crippen molar-refractivity contribution in [3.05, 3.63) is 18.2 Å². The number of hydrogen-bond acceptors (Lipinski definition) is 4. The molecule has 92 valence electrons. The number of piperidine rings is 3. The molecule has 3 aliphatic heterocycles. The summed E-state index contributed by atoms with van der Waals surface area (Å²) in [5.74, 6) is 2.76. The maximum atomic E-state index is 4.53. The highest BCUT2D eigenvalue weighted by atomic mass is 15.2. The average molecular weight is 232 g/mol. The fourth-order valence-corrected chi connectivity index (χ4v) is 2.97. The Balaban J connectivity index is 1.70. The van der Waals surface area contributed by atoms with Crippen LogP contribution < -0.4 is 10.6 Å². The SMILES string of the molecule is CNc1cccc(NC2CN3CCC2CC3)n1. The minimum absolute atomic E-state index is 0.581. The van der Waals surface area contributed by atoms with Crippen molar-refractivity contribution in [2.24, 2.45) is 5.92 Å². The van der Waals surface area contributed by atoms with Gasteiger partial charge in [0.05, 0.1) is 0 Å². The molecule has 2 bridgehead atoms. The summed E-state index contributed by atoms with van der Waals surface area (Å²) >= 11 is 0.